The van der Waals surface area contributed by atoms with Crippen LogP contribution in [-0.4, -0.2) is 52.2 Å². The third kappa shape index (κ3) is 5.87. The molecule has 0 radical (unpaired) electrons. The fraction of sp³-hybridized carbons (Fsp3) is 0.462. The fourth-order valence-corrected chi connectivity index (χ4v) is 5.07. The minimum Gasteiger partial charge on any atom is -0.482 e. The molecule has 0 spiro atoms. The normalized spacial score (nSPS) is 22.6. The summed E-state index contributed by atoms with van der Waals surface area (Å²) < 4.78 is 5.37. The van der Waals surface area contributed by atoms with Crippen LogP contribution in [0.15, 0.2) is 29.4 Å². The lowest BCUT2D eigenvalue weighted by atomic mass is 9.81. The first-order chi connectivity index (χ1) is 17.8. The van der Waals surface area contributed by atoms with Gasteiger partial charge in [0, 0.05) is 25.9 Å². The van der Waals surface area contributed by atoms with Crippen LogP contribution in [0, 0.1) is 12.8 Å². The number of hydrogen-bond donors (Lipinski definition) is 3. The number of ether oxygens (including phenoxy) is 1. The average Bonchev–Trinajstić information content (AvgIpc) is 3.37. The van der Waals surface area contributed by atoms with E-state index in [2.05, 4.69) is 31.1 Å². The Morgan fingerprint density at radius 1 is 1.14 bits per heavy atom. The number of hydrogen-bond acceptors (Lipinski definition) is 8. The molecule has 1 aliphatic carbocycles. The number of fused-ring (bicyclic) bond motifs is 1. The molecular formula is C26H30N6O5. The van der Waals surface area contributed by atoms with Gasteiger partial charge in [-0.15, -0.1) is 0 Å². The number of aryl methyl sites for hydroxylation is 1. The number of benzene rings is 1. The molecule has 1 atom stereocenters. The summed E-state index contributed by atoms with van der Waals surface area (Å²) in [5, 5.41) is 12.9. The van der Waals surface area contributed by atoms with Crippen LogP contribution in [0.5, 0.6) is 5.75 Å². The Morgan fingerprint density at radius 3 is 2.73 bits per heavy atom. The maximum atomic E-state index is 12.9. The molecule has 37 heavy (non-hydrogen) atoms. The van der Waals surface area contributed by atoms with E-state index in [1.807, 2.05) is 6.07 Å². The Balaban J connectivity index is 1.19. The molecule has 11 nitrogen and oxygen atoms in total. The van der Waals surface area contributed by atoms with Gasteiger partial charge in [-0.3, -0.25) is 14.4 Å². The summed E-state index contributed by atoms with van der Waals surface area (Å²) in [6.45, 7) is 3.54. The number of carbonyl (C=O) groups is 3. The summed E-state index contributed by atoms with van der Waals surface area (Å²) in [6.07, 6.45) is 4.38. The number of aromatic nitrogens is 2. The molecule has 3 N–H and O–H groups in total. The van der Waals surface area contributed by atoms with E-state index in [9.17, 15) is 14.4 Å². The standard InChI is InChI=1S/C26H30N6O5/c1-14-28-19(20-11-24(37-32-20)17-4-6-18(7-5-17)30-15(2)33)10-22(29-14)26(35)27-12-16-3-8-23-21(9-16)31-25(34)13-36-23/h3,8-10,17-18,24H,4-7,11-13H2,1-2H3,(H,27,35)(H,30,33)(H,31,34)/t17-,18-,24?. The van der Waals surface area contributed by atoms with E-state index in [4.69, 9.17) is 9.57 Å². The van der Waals surface area contributed by atoms with Gasteiger partial charge in [0.1, 0.15) is 29.1 Å². The van der Waals surface area contributed by atoms with Crippen molar-refractivity contribution >= 4 is 29.1 Å². The fourth-order valence-electron chi connectivity index (χ4n) is 5.07. The molecule has 1 aromatic heterocycles. The molecule has 3 aliphatic rings. The summed E-state index contributed by atoms with van der Waals surface area (Å²) in [6, 6.07) is 7.25. The predicted octanol–water partition coefficient (Wildman–Crippen LogP) is 2.23. The Labute approximate surface area is 214 Å². The van der Waals surface area contributed by atoms with Crippen molar-refractivity contribution in [3.63, 3.8) is 0 Å². The number of amides is 3. The second kappa shape index (κ2) is 10.5. The Morgan fingerprint density at radius 2 is 1.95 bits per heavy atom. The zero-order valence-corrected chi connectivity index (χ0v) is 20.9. The van der Waals surface area contributed by atoms with Gasteiger partial charge in [-0.1, -0.05) is 11.2 Å². The molecule has 2 aromatic rings. The second-order valence-corrected chi connectivity index (χ2v) is 9.73. The maximum absolute atomic E-state index is 12.9. The predicted molar refractivity (Wildman–Crippen MR) is 134 cm³/mol. The van der Waals surface area contributed by atoms with Gasteiger partial charge in [-0.05, 0) is 62.3 Å². The number of oxime groups is 1. The first-order valence-electron chi connectivity index (χ1n) is 12.5. The van der Waals surface area contributed by atoms with Crippen molar-refractivity contribution in [2.75, 3.05) is 11.9 Å². The van der Waals surface area contributed by atoms with Crippen molar-refractivity contribution < 1.29 is 24.0 Å². The van der Waals surface area contributed by atoms with Crippen molar-refractivity contribution in [2.45, 2.75) is 64.6 Å². The summed E-state index contributed by atoms with van der Waals surface area (Å²) >= 11 is 0. The van der Waals surface area contributed by atoms with Crippen LogP contribution in [0.3, 0.4) is 0 Å². The van der Waals surface area contributed by atoms with Gasteiger partial charge in [0.2, 0.25) is 5.91 Å². The Hall–Kier alpha value is -4.02. The van der Waals surface area contributed by atoms with Crippen LogP contribution in [0.1, 0.15) is 66.6 Å². The van der Waals surface area contributed by atoms with E-state index in [0.717, 1.165) is 31.2 Å². The van der Waals surface area contributed by atoms with Crippen LogP contribution in [0.2, 0.25) is 0 Å². The van der Waals surface area contributed by atoms with Crippen molar-refractivity contribution in [1.29, 1.82) is 0 Å². The molecule has 2 aliphatic heterocycles. The van der Waals surface area contributed by atoms with Crippen LogP contribution in [-0.2, 0) is 21.0 Å². The van der Waals surface area contributed by atoms with Crippen LogP contribution in [0.25, 0.3) is 0 Å². The topological polar surface area (TPSA) is 144 Å². The summed E-state index contributed by atoms with van der Waals surface area (Å²) in [5.41, 5.74) is 2.94. The number of rotatable bonds is 6. The highest BCUT2D eigenvalue weighted by Crippen LogP contribution is 2.33. The molecule has 1 aromatic carbocycles. The number of nitrogens with zero attached hydrogens (tertiary/aromatic N) is 3. The smallest absolute Gasteiger partial charge is 0.270 e. The minimum atomic E-state index is -0.336. The third-order valence-electron chi connectivity index (χ3n) is 6.89. The van der Waals surface area contributed by atoms with Crippen LogP contribution >= 0.6 is 0 Å². The summed E-state index contributed by atoms with van der Waals surface area (Å²) in [7, 11) is 0. The zero-order valence-electron chi connectivity index (χ0n) is 20.9. The van der Waals surface area contributed by atoms with Gasteiger partial charge in [-0.25, -0.2) is 9.97 Å². The van der Waals surface area contributed by atoms with E-state index in [1.54, 1.807) is 32.0 Å². The first-order valence-corrected chi connectivity index (χ1v) is 12.5. The number of anilines is 1. The van der Waals surface area contributed by atoms with Gasteiger partial charge < -0.3 is 25.5 Å². The number of nitrogens with one attached hydrogen (secondary N) is 3. The lowest BCUT2D eigenvalue weighted by molar-refractivity contribution is -0.120. The molecule has 0 bridgehead atoms. The molecule has 3 amide bonds. The van der Waals surface area contributed by atoms with E-state index >= 15 is 0 Å². The molecule has 1 unspecified atom stereocenters. The highest BCUT2D eigenvalue weighted by Gasteiger charge is 2.34. The maximum Gasteiger partial charge on any atom is 0.270 e. The molecule has 5 rings (SSSR count). The van der Waals surface area contributed by atoms with Crippen molar-refractivity contribution in [3.05, 3.63) is 47.0 Å². The first kappa shape index (κ1) is 24.7. The molecule has 1 saturated carbocycles. The average molecular weight is 507 g/mol. The summed E-state index contributed by atoms with van der Waals surface area (Å²) in [4.78, 5) is 50.4. The van der Waals surface area contributed by atoms with Gasteiger partial charge in [0.15, 0.2) is 6.61 Å². The summed E-state index contributed by atoms with van der Waals surface area (Å²) in [5.74, 6) is 0.899. The van der Waals surface area contributed by atoms with Gasteiger partial charge in [0.05, 0.1) is 11.4 Å². The molecule has 0 saturated heterocycles. The molecular weight excluding hydrogens is 476 g/mol. The largest absolute Gasteiger partial charge is 0.482 e. The molecule has 3 heterocycles. The van der Waals surface area contributed by atoms with Crippen molar-refractivity contribution in [1.82, 2.24) is 20.6 Å². The Bertz CT molecular complexity index is 1250. The lowest BCUT2D eigenvalue weighted by Gasteiger charge is -2.31. The lowest BCUT2D eigenvalue weighted by Crippen LogP contribution is -2.38. The Kier molecular flexibility index (Phi) is 7.02. The quantitative estimate of drug-likeness (QED) is 0.545. The second-order valence-electron chi connectivity index (χ2n) is 9.73. The van der Waals surface area contributed by atoms with E-state index in [0.29, 0.717) is 41.0 Å². The highest BCUT2D eigenvalue weighted by molar-refractivity contribution is 6.02. The molecule has 194 valence electrons. The highest BCUT2D eigenvalue weighted by atomic mass is 16.6. The SMILES string of the molecule is CC(=O)N[C@H]1CC[C@H](C2CC(c3cc(C(=O)NCc4ccc5c(c4)NC(=O)CO5)nc(C)n3)=NO2)CC1. The third-order valence-corrected chi connectivity index (χ3v) is 6.89. The van der Waals surface area contributed by atoms with Crippen LogP contribution in [0.4, 0.5) is 5.69 Å². The van der Waals surface area contributed by atoms with Crippen molar-refractivity contribution in [3.8, 4) is 5.75 Å². The van der Waals surface area contributed by atoms with E-state index in [-0.39, 0.29) is 48.7 Å². The zero-order chi connectivity index (χ0) is 25.9. The monoisotopic (exact) mass is 506 g/mol. The molecule has 1 fully saturated rings. The van der Waals surface area contributed by atoms with Gasteiger partial charge in [0.25, 0.3) is 11.8 Å². The molecule has 11 heteroatoms. The van der Waals surface area contributed by atoms with Gasteiger partial charge >= 0.3 is 0 Å². The van der Waals surface area contributed by atoms with Gasteiger partial charge in [-0.2, -0.15) is 0 Å². The van der Waals surface area contributed by atoms with Crippen LogP contribution < -0.4 is 20.7 Å². The van der Waals surface area contributed by atoms with Crippen molar-refractivity contribution in [2.24, 2.45) is 11.1 Å². The number of carbonyl (C=O) groups excluding carboxylic acids is 3. The van der Waals surface area contributed by atoms with E-state index < -0.39 is 0 Å². The minimum absolute atomic E-state index is 0.00468. The van der Waals surface area contributed by atoms with E-state index in [1.165, 1.54) is 0 Å².